The molecule has 1 N–H and O–H groups in total. The van der Waals surface area contributed by atoms with Gasteiger partial charge in [-0.15, -0.1) is 0 Å². The predicted octanol–water partition coefficient (Wildman–Crippen LogP) is 2.13. The minimum Gasteiger partial charge on any atom is -0.490 e. The molecule has 0 radical (unpaired) electrons. The molecule has 1 aliphatic heterocycles. The number of amides is 1. The van der Waals surface area contributed by atoms with Crippen molar-refractivity contribution < 1.29 is 19.0 Å². The molecule has 8 heteroatoms. The number of ether oxygens (including phenoxy) is 3. The molecule has 1 saturated carbocycles. The Morgan fingerprint density at radius 2 is 2.00 bits per heavy atom. The fourth-order valence-electron chi connectivity index (χ4n) is 3.59. The van der Waals surface area contributed by atoms with Crippen molar-refractivity contribution in [2.24, 2.45) is 0 Å². The zero-order valence-electron chi connectivity index (χ0n) is 15.6. The van der Waals surface area contributed by atoms with Crippen LogP contribution in [0.4, 0.5) is 0 Å². The number of carbonyl (C=O) groups is 1. The molecule has 2 heterocycles. The first-order chi connectivity index (χ1) is 13.1. The van der Waals surface area contributed by atoms with Crippen molar-refractivity contribution in [1.82, 2.24) is 20.1 Å². The third-order valence-corrected chi connectivity index (χ3v) is 4.94. The smallest absolute Gasteiger partial charge is 0.242 e. The third-order valence-electron chi connectivity index (χ3n) is 4.94. The Bertz CT molecular complexity index is 827. The van der Waals surface area contributed by atoms with Gasteiger partial charge in [0.1, 0.15) is 23.9 Å². The molecule has 0 spiro atoms. The highest BCUT2D eigenvalue weighted by atomic mass is 16.7. The predicted molar refractivity (Wildman–Crippen MR) is 96.9 cm³/mol. The van der Waals surface area contributed by atoms with Crippen molar-refractivity contribution in [2.75, 3.05) is 6.79 Å². The molecule has 0 atom stereocenters. The SMILES string of the molecule is Cc1nc(C)n(CC(=O)NC2CCC(Oc3ccc4c(c3)OCO4)CC2)n1. The molecular formula is C19H24N4O4. The summed E-state index contributed by atoms with van der Waals surface area (Å²) in [6.45, 7) is 4.15. The molecule has 1 aromatic heterocycles. The topological polar surface area (TPSA) is 87.5 Å². The molecule has 27 heavy (non-hydrogen) atoms. The lowest BCUT2D eigenvalue weighted by Gasteiger charge is -2.29. The molecular weight excluding hydrogens is 348 g/mol. The van der Waals surface area contributed by atoms with Crippen LogP contribution in [0.15, 0.2) is 18.2 Å². The van der Waals surface area contributed by atoms with Crippen LogP contribution in [-0.4, -0.2) is 39.6 Å². The van der Waals surface area contributed by atoms with Crippen LogP contribution in [0.5, 0.6) is 17.2 Å². The van der Waals surface area contributed by atoms with Crippen LogP contribution in [0.3, 0.4) is 0 Å². The number of carbonyl (C=O) groups excluding carboxylic acids is 1. The van der Waals surface area contributed by atoms with Gasteiger partial charge in [-0.2, -0.15) is 5.10 Å². The van der Waals surface area contributed by atoms with Gasteiger partial charge in [-0.05, 0) is 51.7 Å². The van der Waals surface area contributed by atoms with Crippen LogP contribution < -0.4 is 19.5 Å². The van der Waals surface area contributed by atoms with E-state index in [4.69, 9.17) is 14.2 Å². The largest absolute Gasteiger partial charge is 0.490 e. The number of benzene rings is 1. The molecule has 4 rings (SSSR count). The van der Waals surface area contributed by atoms with E-state index < -0.39 is 0 Å². The van der Waals surface area contributed by atoms with Gasteiger partial charge in [0.2, 0.25) is 12.7 Å². The van der Waals surface area contributed by atoms with Crippen molar-refractivity contribution in [3.8, 4) is 17.2 Å². The van der Waals surface area contributed by atoms with Gasteiger partial charge in [-0.1, -0.05) is 0 Å². The molecule has 8 nitrogen and oxygen atoms in total. The van der Waals surface area contributed by atoms with E-state index in [2.05, 4.69) is 15.4 Å². The minimum absolute atomic E-state index is 0.0249. The maximum absolute atomic E-state index is 12.3. The number of nitrogens with one attached hydrogen (secondary N) is 1. The van der Waals surface area contributed by atoms with Gasteiger partial charge in [0.05, 0.1) is 6.10 Å². The third kappa shape index (κ3) is 4.15. The van der Waals surface area contributed by atoms with Crippen molar-refractivity contribution in [3.63, 3.8) is 0 Å². The van der Waals surface area contributed by atoms with Gasteiger partial charge < -0.3 is 19.5 Å². The molecule has 1 amide bonds. The van der Waals surface area contributed by atoms with Gasteiger partial charge in [-0.3, -0.25) is 4.79 Å². The standard InChI is InChI=1S/C19H24N4O4/c1-12-20-13(2)23(22-12)10-19(24)21-14-3-5-15(6-4-14)27-16-7-8-17-18(9-16)26-11-25-17/h7-9,14-15H,3-6,10-11H2,1-2H3,(H,21,24). The molecule has 0 unspecified atom stereocenters. The van der Waals surface area contributed by atoms with Crippen molar-refractivity contribution in [1.29, 1.82) is 0 Å². The number of rotatable bonds is 5. The molecule has 144 valence electrons. The first-order valence-corrected chi connectivity index (χ1v) is 9.30. The maximum Gasteiger partial charge on any atom is 0.242 e. The number of aromatic nitrogens is 3. The zero-order valence-corrected chi connectivity index (χ0v) is 15.6. The lowest BCUT2D eigenvalue weighted by atomic mass is 9.93. The first kappa shape index (κ1) is 17.6. The highest BCUT2D eigenvalue weighted by Crippen LogP contribution is 2.36. The highest BCUT2D eigenvalue weighted by Gasteiger charge is 2.24. The van der Waals surface area contributed by atoms with E-state index in [1.54, 1.807) is 4.68 Å². The fourth-order valence-corrected chi connectivity index (χ4v) is 3.59. The first-order valence-electron chi connectivity index (χ1n) is 9.30. The van der Waals surface area contributed by atoms with Crippen LogP contribution in [-0.2, 0) is 11.3 Å². The second-order valence-corrected chi connectivity index (χ2v) is 7.04. The van der Waals surface area contributed by atoms with Crippen molar-refractivity contribution >= 4 is 5.91 Å². The van der Waals surface area contributed by atoms with Crippen LogP contribution in [0.2, 0.25) is 0 Å². The Hall–Kier alpha value is -2.77. The second-order valence-electron chi connectivity index (χ2n) is 7.04. The lowest BCUT2D eigenvalue weighted by Crippen LogP contribution is -2.41. The fraction of sp³-hybridized carbons (Fsp3) is 0.526. The monoisotopic (exact) mass is 372 g/mol. The van der Waals surface area contributed by atoms with E-state index in [1.807, 2.05) is 32.0 Å². The van der Waals surface area contributed by atoms with Crippen LogP contribution >= 0.6 is 0 Å². The summed E-state index contributed by atoms with van der Waals surface area (Å²) < 4.78 is 18.4. The van der Waals surface area contributed by atoms with Gasteiger partial charge in [-0.25, -0.2) is 9.67 Å². The van der Waals surface area contributed by atoms with Crippen molar-refractivity contribution in [3.05, 3.63) is 29.8 Å². The second kappa shape index (κ2) is 7.46. The van der Waals surface area contributed by atoms with Gasteiger partial charge >= 0.3 is 0 Å². The average Bonchev–Trinajstić information content (AvgIpc) is 3.22. The van der Waals surface area contributed by atoms with E-state index in [1.165, 1.54) is 0 Å². The molecule has 2 aliphatic rings. The van der Waals surface area contributed by atoms with E-state index in [-0.39, 0.29) is 31.4 Å². The Morgan fingerprint density at radius 3 is 2.74 bits per heavy atom. The van der Waals surface area contributed by atoms with Crippen LogP contribution in [0.25, 0.3) is 0 Å². The minimum atomic E-state index is -0.0249. The van der Waals surface area contributed by atoms with Gasteiger partial charge in [0, 0.05) is 12.1 Å². The summed E-state index contributed by atoms with van der Waals surface area (Å²) in [7, 11) is 0. The van der Waals surface area contributed by atoms with E-state index in [0.717, 1.165) is 48.8 Å². The molecule has 1 aliphatic carbocycles. The molecule has 1 fully saturated rings. The Labute approximate surface area is 157 Å². The lowest BCUT2D eigenvalue weighted by molar-refractivity contribution is -0.122. The quantitative estimate of drug-likeness (QED) is 0.865. The van der Waals surface area contributed by atoms with E-state index in [0.29, 0.717) is 5.82 Å². The number of aryl methyl sites for hydroxylation is 2. The van der Waals surface area contributed by atoms with Crippen molar-refractivity contribution in [2.45, 2.75) is 58.2 Å². The summed E-state index contributed by atoms with van der Waals surface area (Å²) in [5, 5.41) is 7.34. The summed E-state index contributed by atoms with van der Waals surface area (Å²) in [5.41, 5.74) is 0. The summed E-state index contributed by atoms with van der Waals surface area (Å²) in [6.07, 6.45) is 3.76. The zero-order chi connectivity index (χ0) is 18.8. The highest BCUT2D eigenvalue weighted by molar-refractivity contribution is 5.76. The summed E-state index contributed by atoms with van der Waals surface area (Å²) in [4.78, 5) is 16.5. The summed E-state index contributed by atoms with van der Waals surface area (Å²) in [6, 6.07) is 5.83. The van der Waals surface area contributed by atoms with Crippen LogP contribution in [0.1, 0.15) is 37.3 Å². The molecule has 2 aromatic rings. The Morgan fingerprint density at radius 1 is 1.22 bits per heavy atom. The Balaban J connectivity index is 1.24. The molecule has 1 aromatic carbocycles. The van der Waals surface area contributed by atoms with Gasteiger partial charge in [0.15, 0.2) is 11.5 Å². The number of hydrogen-bond acceptors (Lipinski definition) is 6. The number of nitrogens with zero attached hydrogens (tertiary/aromatic N) is 3. The van der Waals surface area contributed by atoms with E-state index in [9.17, 15) is 4.79 Å². The maximum atomic E-state index is 12.3. The average molecular weight is 372 g/mol. The number of hydrogen-bond donors (Lipinski definition) is 1. The van der Waals surface area contributed by atoms with Gasteiger partial charge in [0.25, 0.3) is 0 Å². The summed E-state index contributed by atoms with van der Waals surface area (Å²) in [5.74, 6) is 3.69. The normalized spacial score (nSPS) is 21.1. The molecule has 0 saturated heterocycles. The molecule has 0 bridgehead atoms. The van der Waals surface area contributed by atoms with E-state index >= 15 is 0 Å². The Kier molecular flexibility index (Phi) is 4.87. The number of fused-ring (bicyclic) bond motifs is 1. The van der Waals surface area contributed by atoms with Crippen LogP contribution in [0, 0.1) is 13.8 Å². The summed E-state index contributed by atoms with van der Waals surface area (Å²) >= 11 is 0.